The highest BCUT2D eigenvalue weighted by Gasteiger charge is 2.11. The Labute approximate surface area is 158 Å². The molecular weight excluding hydrogens is 354 g/mol. The molecule has 0 aliphatic rings. The highest BCUT2D eigenvalue weighted by atomic mass is 16.4. The summed E-state index contributed by atoms with van der Waals surface area (Å²) in [6, 6.07) is 4.53. The van der Waals surface area contributed by atoms with Crippen molar-refractivity contribution in [1.82, 2.24) is 5.32 Å². The van der Waals surface area contributed by atoms with Gasteiger partial charge < -0.3 is 30.8 Å². The molecule has 6 N–H and O–H groups in total. The van der Waals surface area contributed by atoms with Crippen LogP contribution in [-0.2, 0) is 9.59 Å². The third-order valence-corrected chi connectivity index (χ3v) is 3.58. The lowest BCUT2D eigenvalue weighted by atomic mass is 10.1. The minimum Gasteiger partial charge on any atom is -0.508 e. The Hall–Kier alpha value is -2.58. The molecule has 0 unspecified atom stereocenters. The van der Waals surface area contributed by atoms with E-state index in [1.54, 1.807) is 0 Å². The lowest BCUT2D eigenvalue weighted by molar-refractivity contribution is -0.134. The van der Waals surface area contributed by atoms with Gasteiger partial charge in [-0.25, -0.2) is 9.59 Å². The van der Waals surface area contributed by atoms with E-state index in [0.717, 1.165) is 6.42 Å². The van der Waals surface area contributed by atoms with Gasteiger partial charge in [0.05, 0.1) is 6.10 Å². The van der Waals surface area contributed by atoms with E-state index in [9.17, 15) is 24.9 Å². The number of aromatic hydroxyl groups is 2. The predicted octanol–water partition coefficient (Wildman–Crippen LogP) is 2.40. The van der Waals surface area contributed by atoms with Crippen molar-refractivity contribution in [2.75, 3.05) is 6.54 Å². The topological polar surface area (TPSA) is 147 Å². The molecule has 0 aliphatic carbocycles. The van der Waals surface area contributed by atoms with Crippen molar-refractivity contribution in [2.45, 2.75) is 51.7 Å². The highest BCUT2D eigenvalue weighted by Crippen LogP contribution is 2.24. The van der Waals surface area contributed by atoms with Gasteiger partial charge in [-0.1, -0.05) is 26.2 Å². The van der Waals surface area contributed by atoms with Gasteiger partial charge in [-0.05, 0) is 31.0 Å². The number of benzene rings is 1. The minimum atomic E-state index is -1.26. The number of carboxylic acids is 2. The molecule has 0 aliphatic heterocycles. The number of carbonyl (C=O) groups is 2. The molecule has 8 nitrogen and oxygen atoms in total. The van der Waals surface area contributed by atoms with Crippen LogP contribution >= 0.6 is 0 Å². The van der Waals surface area contributed by atoms with E-state index in [-0.39, 0.29) is 11.5 Å². The first-order valence-electron chi connectivity index (χ1n) is 8.74. The Kier molecular flexibility index (Phi) is 12.3. The van der Waals surface area contributed by atoms with E-state index < -0.39 is 18.0 Å². The molecule has 0 aromatic heterocycles. The highest BCUT2D eigenvalue weighted by molar-refractivity contribution is 5.89. The number of aliphatic carboxylic acids is 2. The lowest BCUT2D eigenvalue weighted by Gasteiger charge is -2.17. The first-order chi connectivity index (χ1) is 12.6. The third-order valence-electron chi connectivity index (χ3n) is 3.58. The molecule has 1 aromatic carbocycles. The first-order valence-corrected chi connectivity index (χ1v) is 8.74. The van der Waals surface area contributed by atoms with Crippen LogP contribution in [0.5, 0.6) is 11.5 Å². The molecule has 0 amide bonds. The van der Waals surface area contributed by atoms with Gasteiger partial charge >= 0.3 is 11.9 Å². The molecule has 1 aromatic rings. The molecule has 152 valence electrons. The number of phenols is 2. The van der Waals surface area contributed by atoms with E-state index in [4.69, 9.17) is 10.2 Å². The van der Waals surface area contributed by atoms with E-state index in [0.29, 0.717) is 30.3 Å². The third kappa shape index (κ3) is 13.3. The standard InChI is InChI=1S/C15H25NO3.C4H4O4/c1-3-4-5-6-11(2)16-10-15(19)12-7-13(17)9-14(18)8-12;5-3(6)1-2-4(7)8/h7-9,11,15-19H,3-6,10H2,1-2H3;1-2H,(H,5,6)(H,7,8)/b;2-1+/t11-,15+;/m0./s1. The van der Waals surface area contributed by atoms with Crippen molar-refractivity contribution < 1.29 is 35.1 Å². The summed E-state index contributed by atoms with van der Waals surface area (Å²) in [7, 11) is 0. The van der Waals surface area contributed by atoms with Gasteiger partial charge in [0.2, 0.25) is 0 Å². The average Bonchev–Trinajstić information content (AvgIpc) is 2.58. The lowest BCUT2D eigenvalue weighted by Crippen LogP contribution is -2.30. The zero-order valence-electron chi connectivity index (χ0n) is 15.6. The second kappa shape index (κ2) is 13.6. The van der Waals surface area contributed by atoms with Crippen molar-refractivity contribution in [3.05, 3.63) is 35.9 Å². The van der Waals surface area contributed by atoms with Crippen molar-refractivity contribution >= 4 is 11.9 Å². The van der Waals surface area contributed by atoms with Crippen LogP contribution in [0.15, 0.2) is 30.4 Å². The maximum atomic E-state index is 10.0. The second-order valence-electron chi connectivity index (χ2n) is 6.11. The Balaban J connectivity index is 0.000000713. The van der Waals surface area contributed by atoms with Crippen LogP contribution in [0.25, 0.3) is 0 Å². The fraction of sp³-hybridized carbons (Fsp3) is 0.474. The maximum absolute atomic E-state index is 10.0. The number of nitrogens with one attached hydrogen (secondary N) is 1. The summed E-state index contributed by atoms with van der Waals surface area (Å²) in [4.78, 5) is 19.1. The van der Waals surface area contributed by atoms with Crippen LogP contribution in [-0.4, -0.2) is 50.1 Å². The largest absolute Gasteiger partial charge is 0.508 e. The van der Waals surface area contributed by atoms with Gasteiger partial charge in [0.25, 0.3) is 0 Å². The molecule has 2 atom stereocenters. The minimum absolute atomic E-state index is 0.0370. The summed E-state index contributed by atoms with van der Waals surface area (Å²) < 4.78 is 0. The van der Waals surface area contributed by atoms with Crippen molar-refractivity contribution in [3.8, 4) is 11.5 Å². The van der Waals surface area contributed by atoms with Crippen LogP contribution in [0.2, 0.25) is 0 Å². The summed E-state index contributed by atoms with van der Waals surface area (Å²) in [6.45, 7) is 4.69. The van der Waals surface area contributed by atoms with E-state index in [1.165, 1.54) is 37.5 Å². The van der Waals surface area contributed by atoms with Crippen LogP contribution in [0.3, 0.4) is 0 Å². The molecule has 0 spiro atoms. The maximum Gasteiger partial charge on any atom is 0.328 e. The Morgan fingerprint density at radius 1 is 1.04 bits per heavy atom. The number of hydrogen-bond donors (Lipinski definition) is 6. The van der Waals surface area contributed by atoms with Gasteiger partial charge in [-0.15, -0.1) is 0 Å². The molecule has 0 bridgehead atoms. The molecule has 8 heteroatoms. The number of aliphatic hydroxyl groups excluding tert-OH is 1. The summed E-state index contributed by atoms with van der Waals surface area (Å²) in [6.07, 6.45) is 5.10. The van der Waals surface area contributed by atoms with Crippen molar-refractivity contribution in [3.63, 3.8) is 0 Å². The molecular formula is C19H29NO7. The van der Waals surface area contributed by atoms with Gasteiger partial charge in [0.1, 0.15) is 11.5 Å². The molecule has 0 heterocycles. The summed E-state index contributed by atoms with van der Waals surface area (Å²) in [5.41, 5.74) is 0.519. The van der Waals surface area contributed by atoms with E-state index in [1.807, 2.05) is 0 Å². The number of aliphatic hydroxyl groups is 1. The summed E-state index contributed by atoms with van der Waals surface area (Å²) in [5.74, 6) is -2.59. The molecule has 0 fully saturated rings. The van der Waals surface area contributed by atoms with Crippen molar-refractivity contribution in [1.29, 1.82) is 0 Å². The van der Waals surface area contributed by atoms with E-state index in [2.05, 4.69) is 19.2 Å². The van der Waals surface area contributed by atoms with Gasteiger partial charge in [0.15, 0.2) is 0 Å². The number of rotatable bonds is 10. The Bertz CT molecular complexity index is 580. The SMILES string of the molecule is CCCCC[C@H](C)NC[C@@H](O)c1cc(O)cc(O)c1.O=C(O)/C=C/C(=O)O. The van der Waals surface area contributed by atoms with E-state index >= 15 is 0 Å². The molecule has 1 rings (SSSR count). The fourth-order valence-electron chi connectivity index (χ4n) is 2.19. The predicted molar refractivity (Wildman–Crippen MR) is 101 cm³/mol. The summed E-state index contributed by atoms with van der Waals surface area (Å²) in [5, 5.41) is 47.6. The van der Waals surface area contributed by atoms with Gasteiger partial charge in [-0.3, -0.25) is 0 Å². The Morgan fingerprint density at radius 2 is 1.56 bits per heavy atom. The van der Waals surface area contributed by atoms with Crippen LogP contribution in [0.1, 0.15) is 51.2 Å². The monoisotopic (exact) mass is 383 g/mol. The number of phenolic OH excluding ortho intramolecular Hbond substituents is 2. The molecule has 0 saturated heterocycles. The molecule has 0 radical (unpaired) electrons. The van der Waals surface area contributed by atoms with Gasteiger partial charge in [0, 0.05) is 30.8 Å². The quantitative estimate of drug-likeness (QED) is 0.267. The molecule has 0 saturated carbocycles. The smallest absolute Gasteiger partial charge is 0.328 e. The van der Waals surface area contributed by atoms with Crippen LogP contribution in [0, 0.1) is 0 Å². The van der Waals surface area contributed by atoms with Gasteiger partial charge in [-0.2, -0.15) is 0 Å². The van der Waals surface area contributed by atoms with Crippen LogP contribution in [0.4, 0.5) is 0 Å². The fourth-order valence-corrected chi connectivity index (χ4v) is 2.19. The Morgan fingerprint density at radius 3 is 2.00 bits per heavy atom. The first kappa shape index (κ1) is 24.4. The number of unbranched alkanes of at least 4 members (excludes halogenated alkanes) is 2. The average molecular weight is 383 g/mol. The number of carboxylic acid groups (broad SMARTS) is 2. The van der Waals surface area contributed by atoms with Crippen molar-refractivity contribution in [2.24, 2.45) is 0 Å². The zero-order chi connectivity index (χ0) is 20.8. The second-order valence-corrected chi connectivity index (χ2v) is 6.11. The van der Waals surface area contributed by atoms with Crippen LogP contribution < -0.4 is 5.32 Å². The molecule has 27 heavy (non-hydrogen) atoms. The zero-order valence-corrected chi connectivity index (χ0v) is 15.6. The summed E-state index contributed by atoms with van der Waals surface area (Å²) >= 11 is 0. The number of hydrogen-bond acceptors (Lipinski definition) is 6. The normalized spacial score (nSPS) is 12.9.